The SMILES string of the molecule is O=C(Nc1cc(Br)ccc1F)c1c[nH]c2ccccc12. The van der Waals surface area contributed by atoms with Crippen molar-refractivity contribution in [2.45, 2.75) is 0 Å². The Kier molecular flexibility index (Phi) is 3.28. The van der Waals surface area contributed by atoms with Crippen LogP contribution in [0.3, 0.4) is 0 Å². The Bertz CT molecular complexity index is 797. The van der Waals surface area contributed by atoms with E-state index in [0.717, 1.165) is 10.9 Å². The number of aromatic amines is 1. The lowest BCUT2D eigenvalue weighted by molar-refractivity contribution is 0.102. The van der Waals surface area contributed by atoms with Crippen LogP contribution < -0.4 is 5.32 Å². The second-order valence-electron chi connectivity index (χ2n) is 4.33. The maximum Gasteiger partial charge on any atom is 0.257 e. The summed E-state index contributed by atoms with van der Waals surface area (Å²) < 4.78 is 14.3. The molecule has 0 aliphatic carbocycles. The third-order valence-electron chi connectivity index (χ3n) is 3.01. The minimum absolute atomic E-state index is 0.148. The standard InChI is InChI=1S/C15H10BrFN2O/c16-9-5-6-12(17)14(7-9)19-15(20)11-8-18-13-4-2-1-3-10(11)13/h1-8,18H,(H,19,20). The summed E-state index contributed by atoms with van der Waals surface area (Å²) >= 11 is 3.25. The largest absolute Gasteiger partial charge is 0.360 e. The van der Waals surface area contributed by atoms with E-state index in [4.69, 9.17) is 0 Å². The number of rotatable bonds is 2. The van der Waals surface area contributed by atoms with E-state index < -0.39 is 5.82 Å². The van der Waals surface area contributed by atoms with Crippen LogP contribution in [0.4, 0.5) is 10.1 Å². The Morgan fingerprint density at radius 1 is 1.20 bits per heavy atom. The zero-order valence-corrected chi connectivity index (χ0v) is 11.9. The third kappa shape index (κ3) is 2.32. The van der Waals surface area contributed by atoms with Gasteiger partial charge in [-0.1, -0.05) is 34.1 Å². The van der Waals surface area contributed by atoms with Crippen LogP contribution in [0, 0.1) is 5.82 Å². The van der Waals surface area contributed by atoms with Crippen molar-refractivity contribution in [3.05, 3.63) is 64.5 Å². The molecular weight excluding hydrogens is 323 g/mol. The molecule has 0 aliphatic rings. The molecule has 2 N–H and O–H groups in total. The van der Waals surface area contributed by atoms with Gasteiger partial charge in [0.1, 0.15) is 5.82 Å². The molecule has 3 nitrogen and oxygen atoms in total. The van der Waals surface area contributed by atoms with Crippen LogP contribution in [0.2, 0.25) is 0 Å². The lowest BCUT2D eigenvalue weighted by Gasteiger charge is -2.06. The molecule has 0 bridgehead atoms. The van der Waals surface area contributed by atoms with E-state index in [1.54, 1.807) is 12.3 Å². The number of amides is 1. The van der Waals surface area contributed by atoms with Crippen LogP contribution in [0.25, 0.3) is 10.9 Å². The predicted molar refractivity (Wildman–Crippen MR) is 80.4 cm³/mol. The van der Waals surface area contributed by atoms with E-state index in [1.807, 2.05) is 24.3 Å². The molecule has 0 spiro atoms. The molecule has 5 heteroatoms. The van der Waals surface area contributed by atoms with Crippen molar-refractivity contribution >= 4 is 38.4 Å². The Morgan fingerprint density at radius 3 is 2.85 bits per heavy atom. The van der Waals surface area contributed by atoms with Gasteiger partial charge < -0.3 is 10.3 Å². The van der Waals surface area contributed by atoms with Gasteiger partial charge in [0.05, 0.1) is 11.3 Å². The molecule has 3 aromatic rings. The molecule has 2 aromatic carbocycles. The number of hydrogen-bond acceptors (Lipinski definition) is 1. The van der Waals surface area contributed by atoms with E-state index in [9.17, 15) is 9.18 Å². The molecule has 0 radical (unpaired) electrons. The van der Waals surface area contributed by atoms with Gasteiger partial charge in [-0.05, 0) is 24.3 Å². The van der Waals surface area contributed by atoms with Crippen LogP contribution in [-0.4, -0.2) is 10.9 Å². The topological polar surface area (TPSA) is 44.9 Å². The quantitative estimate of drug-likeness (QED) is 0.721. The predicted octanol–water partition coefficient (Wildman–Crippen LogP) is 4.32. The first-order valence-electron chi connectivity index (χ1n) is 5.97. The number of para-hydroxylation sites is 1. The van der Waals surface area contributed by atoms with Gasteiger partial charge in [-0.15, -0.1) is 0 Å². The number of carbonyl (C=O) groups excluding carboxylic acids is 1. The fraction of sp³-hybridized carbons (Fsp3) is 0. The van der Waals surface area contributed by atoms with Crippen molar-refractivity contribution in [1.82, 2.24) is 4.98 Å². The van der Waals surface area contributed by atoms with Crippen LogP contribution in [-0.2, 0) is 0 Å². The van der Waals surface area contributed by atoms with E-state index >= 15 is 0 Å². The van der Waals surface area contributed by atoms with Gasteiger partial charge in [0.15, 0.2) is 0 Å². The van der Waals surface area contributed by atoms with Crippen LogP contribution in [0.5, 0.6) is 0 Å². The molecule has 0 fully saturated rings. The monoisotopic (exact) mass is 332 g/mol. The first kappa shape index (κ1) is 12.9. The van der Waals surface area contributed by atoms with Crippen molar-refractivity contribution in [2.75, 3.05) is 5.32 Å². The van der Waals surface area contributed by atoms with Gasteiger partial charge >= 0.3 is 0 Å². The summed E-state index contributed by atoms with van der Waals surface area (Å²) in [6.45, 7) is 0. The Morgan fingerprint density at radius 2 is 2.00 bits per heavy atom. The Hall–Kier alpha value is -2.14. The molecule has 1 amide bonds. The summed E-state index contributed by atoms with van der Waals surface area (Å²) in [7, 11) is 0. The molecular formula is C15H10BrFN2O. The Balaban J connectivity index is 1.95. The number of carbonyl (C=O) groups is 1. The molecule has 0 atom stereocenters. The number of anilines is 1. The normalized spacial score (nSPS) is 10.7. The second-order valence-corrected chi connectivity index (χ2v) is 5.24. The first-order chi connectivity index (χ1) is 9.65. The number of H-pyrrole nitrogens is 1. The van der Waals surface area contributed by atoms with E-state index in [-0.39, 0.29) is 11.6 Å². The van der Waals surface area contributed by atoms with Gasteiger partial charge in [-0.3, -0.25) is 4.79 Å². The molecule has 0 saturated carbocycles. The molecule has 0 saturated heterocycles. The number of benzene rings is 2. The average Bonchev–Trinajstić information content (AvgIpc) is 2.87. The van der Waals surface area contributed by atoms with E-state index in [0.29, 0.717) is 10.0 Å². The van der Waals surface area contributed by atoms with Gasteiger partial charge in [0.2, 0.25) is 0 Å². The summed E-state index contributed by atoms with van der Waals surface area (Å²) in [5.41, 5.74) is 1.50. The summed E-state index contributed by atoms with van der Waals surface area (Å²) in [5.74, 6) is -0.819. The van der Waals surface area contributed by atoms with Crippen molar-refractivity contribution in [3.8, 4) is 0 Å². The molecule has 3 rings (SSSR count). The van der Waals surface area contributed by atoms with Crippen LogP contribution in [0.1, 0.15) is 10.4 Å². The van der Waals surface area contributed by atoms with Gasteiger partial charge in [0, 0.05) is 21.6 Å². The fourth-order valence-corrected chi connectivity index (χ4v) is 2.40. The maximum atomic E-state index is 13.6. The highest BCUT2D eigenvalue weighted by Crippen LogP contribution is 2.23. The molecule has 20 heavy (non-hydrogen) atoms. The zero-order chi connectivity index (χ0) is 14.1. The number of fused-ring (bicyclic) bond motifs is 1. The highest BCUT2D eigenvalue weighted by Gasteiger charge is 2.13. The number of aromatic nitrogens is 1. The molecule has 1 heterocycles. The lowest BCUT2D eigenvalue weighted by Crippen LogP contribution is -2.12. The van der Waals surface area contributed by atoms with Gasteiger partial charge in [-0.25, -0.2) is 4.39 Å². The molecule has 0 unspecified atom stereocenters. The van der Waals surface area contributed by atoms with Gasteiger partial charge in [0.25, 0.3) is 5.91 Å². The van der Waals surface area contributed by atoms with Gasteiger partial charge in [-0.2, -0.15) is 0 Å². The smallest absolute Gasteiger partial charge is 0.257 e. The van der Waals surface area contributed by atoms with Crippen molar-refractivity contribution < 1.29 is 9.18 Å². The summed E-state index contributed by atoms with van der Waals surface area (Å²) in [4.78, 5) is 15.3. The lowest BCUT2D eigenvalue weighted by atomic mass is 10.1. The van der Waals surface area contributed by atoms with E-state index in [2.05, 4.69) is 26.2 Å². The molecule has 1 aromatic heterocycles. The van der Waals surface area contributed by atoms with Crippen LogP contribution >= 0.6 is 15.9 Å². The van der Waals surface area contributed by atoms with Crippen LogP contribution in [0.15, 0.2) is 53.1 Å². The number of nitrogens with one attached hydrogen (secondary N) is 2. The maximum absolute atomic E-state index is 13.6. The first-order valence-corrected chi connectivity index (χ1v) is 6.77. The minimum Gasteiger partial charge on any atom is -0.360 e. The number of hydrogen-bond donors (Lipinski definition) is 2. The second kappa shape index (κ2) is 5.09. The summed E-state index contributed by atoms with van der Waals surface area (Å²) in [6, 6.07) is 11.9. The summed E-state index contributed by atoms with van der Waals surface area (Å²) in [5, 5.41) is 3.39. The molecule has 100 valence electrons. The van der Waals surface area contributed by atoms with Crippen molar-refractivity contribution in [1.29, 1.82) is 0 Å². The number of halogens is 2. The third-order valence-corrected chi connectivity index (χ3v) is 3.50. The zero-order valence-electron chi connectivity index (χ0n) is 10.3. The minimum atomic E-state index is -0.471. The van der Waals surface area contributed by atoms with Crippen molar-refractivity contribution in [2.24, 2.45) is 0 Å². The highest BCUT2D eigenvalue weighted by atomic mass is 79.9. The Labute approximate surface area is 122 Å². The highest BCUT2D eigenvalue weighted by molar-refractivity contribution is 9.10. The average molecular weight is 333 g/mol. The van der Waals surface area contributed by atoms with Crippen molar-refractivity contribution in [3.63, 3.8) is 0 Å². The summed E-state index contributed by atoms with van der Waals surface area (Å²) in [6.07, 6.45) is 1.62. The molecule has 0 aliphatic heterocycles. The fourth-order valence-electron chi connectivity index (χ4n) is 2.04. The van der Waals surface area contributed by atoms with E-state index in [1.165, 1.54) is 12.1 Å².